The third kappa shape index (κ3) is 2.83. The molecule has 1 N–H and O–H groups in total. The van der Waals surface area contributed by atoms with E-state index in [1.807, 2.05) is 6.92 Å². The van der Waals surface area contributed by atoms with E-state index in [0.717, 1.165) is 51.6 Å². The number of aliphatic hydroxyl groups is 1. The first-order valence-corrected chi connectivity index (χ1v) is 12.5. The Balaban J connectivity index is 1.24. The highest BCUT2D eigenvalue weighted by Gasteiger charge is 2.67. The molecule has 1 aromatic rings. The van der Waals surface area contributed by atoms with Gasteiger partial charge in [0, 0.05) is 17.5 Å². The lowest BCUT2D eigenvalue weighted by atomic mass is 9.44. The van der Waals surface area contributed by atoms with Crippen LogP contribution in [0.15, 0.2) is 12.3 Å². The summed E-state index contributed by atoms with van der Waals surface area (Å²) in [6.07, 6.45) is 10.5. The number of aromatic nitrogens is 2. The standard InChI is InChI=1S/C26H35N3O3/c1-24(31)9-10-26-15-32-22(20(26)13-24)12-16-17-4-5-19(25(17,2)8-6-18(16)26)21(30)14-29-11-7-23(27-3)28-29/h7,11,16-20,22,31H,4-6,8-10,12-15H2,1-2H3/t16-,17-,18?,19+,20?,22+,24+,25-,26-/m0/s1. The second kappa shape index (κ2) is 6.90. The van der Waals surface area contributed by atoms with Crippen molar-refractivity contribution in [3.63, 3.8) is 0 Å². The first-order valence-electron chi connectivity index (χ1n) is 12.5. The number of ketones is 1. The van der Waals surface area contributed by atoms with E-state index in [4.69, 9.17) is 11.3 Å². The fourth-order valence-electron chi connectivity index (χ4n) is 9.22. The van der Waals surface area contributed by atoms with Crippen LogP contribution in [0.5, 0.6) is 0 Å². The highest BCUT2D eigenvalue weighted by atomic mass is 16.5. The minimum Gasteiger partial charge on any atom is -0.390 e. The summed E-state index contributed by atoms with van der Waals surface area (Å²) in [5.74, 6) is 3.16. The van der Waals surface area contributed by atoms with E-state index >= 15 is 0 Å². The highest BCUT2D eigenvalue weighted by molar-refractivity contribution is 5.82. The Morgan fingerprint density at radius 1 is 1.25 bits per heavy atom. The zero-order chi connectivity index (χ0) is 22.3. The summed E-state index contributed by atoms with van der Waals surface area (Å²) in [7, 11) is 0. The van der Waals surface area contributed by atoms with Crippen LogP contribution in [0.2, 0.25) is 0 Å². The van der Waals surface area contributed by atoms with Crippen molar-refractivity contribution in [2.75, 3.05) is 6.61 Å². The van der Waals surface area contributed by atoms with Crippen molar-refractivity contribution in [1.29, 1.82) is 0 Å². The summed E-state index contributed by atoms with van der Waals surface area (Å²) in [6.45, 7) is 12.7. The van der Waals surface area contributed by atoms with Crippen molar-refractivity contribution in [2.24, 2.45) is 40.4 Å². The van der Waals surface area contributed by atoms with E-state index in [-0.39, 0.29) is 35.2 Å². The fraction of sp³-hybridized carbons (Fsp3) is 0.808. The largest absolute Gasteiger partial charge is 0.390 e. The number of ether oxygens (including phenoxy) is 1. The molecule has 0 amide bonds. The van der Waals surface area contributed by atoms with Gasteiger partial charge in [0.1, 0.15) is 6.54 Å². The van der Waals surface area contributed by atoms with Crippen molar-refractivity contribution in [1.82, 2.24) is 9.78 Å². The molecule has 6 nitrogen and oxygen atoms in total. The van der Waals surface area contributed by atoms with Gasteiger partial charge in [-0.15, -0.1) is 0 Å². The summed E-state index contributed by atoms with van der Waals surface area (Å²) in [5, 5.41) is 15.0. The number of carbonyl (C=O) groups is 1. The zero-order valence-electron chi connectivity index (χ0n) is 19.3. The molecule has 172 valence electrons. The fourth-order valence-corrected chi connectivity index (χ4v) is 9.22. The Labute approximate surface area is 190 Å². The summed E-state index contributed by atoms with van der Waals surface area (Å²) in [5.41, 5.74) is -0.220. The van der Waals surface area contributed by atoms with E-state index in [2.05, 4.69) is 16.9 Å². The lowest BCUT2D eigenvalue weighted by Gasteiger charge is -2.60. The highest BCUT2D eigenvalue weighted by Crippen LogP contribution is 2.70. The Hall–Kier alpha value is -1.71. The molecule has 6 rings (SSSR count). The van der Waals surface area contributed by atoms with Crippen LogP contribution in [0.3, 0.4) is 0 Å². The molecular weight excluding hydrogens is 402 g/mol. The molecule has 1 saturated heterocycles. The maximum Gasteiger partial charge on any atom is 0.295 e. The maximum absolute atomic E-state index is 13.4. The van der Waals surface area contributed by atoms with Gasteiger partial charge in [-0.05, 0) is 98.5 Å². The molecule has 5 aliphatic rings. The number of Topliss-reactive ketones (excluding diaryl/α,β-unsaturated/α-hetero) is 1. The first kappa shape index (κ1) is 20.9. The Bertz CT molecular complexity index is 979. The molecule has 2 unspecified atom stereocenters. The molecule has 2 bridgehead atoms. The smallest absolute Gasteiger partial charge is 0.295 e. The molecule has 1 aliphatic heterocycles. The Kier molecular flexibility index (Phi) is 4.50. The summed E-state index contributed by atoms with van der Waals surface area (Å²) in [6, 6.07) is 1.68. The van der Waals surface area contributed by atoms with Crippen molar-refractivity contribution in [3.05, 3.63) is 23.7 Å². The SMILES string of the molecule is [C-]#[N+]c1ccn(CC(=O)[C@H]2CC[C@H]3[C@@H]4C[C@H]5OC[C@@]6(CC[C@@](C)(O)CC56)C4CC[C@]23C)n1. The molecule has 0 spiro atoms. The third-order valence-corrected chi connectivity index (χ3v) is 10.7. The van der Waals surface area contributed by atoms with Gasteiger partial charge in [-0.2, -0.15) is 4.68 Å². The predicted octanol–water partition coefficient (Wildman–Crippen LogP) is 4.40. The van der Waals surface area contributed by atoms with Gasteiger partial charge in [-0.25, -0.2) is 0 Å². The number of nitrogens with zero attached hydrogens (tertiary/aromatic N) is 3. The second-order valence-electron chi connectivity index (χ2n) is 12.1. The van der Waals surface area contributed by atoms with Crippen molar-refractivity contribution >= 4 is 11.6 Å². The summed E-state index contributed by atoms with van der Waals surface area (Å²) >= 11 is 0. The van der Waals surface area contributed by atoms with Crippen molar-refractivity contribution in [3.8, 4) is 0 Å². The van der Waals surface area contributed by atoms with Crippen LogP contribution in [-0.4, -0.2) is 39.0 Å². The Morgan fingerprint density at radius 3 is 2.88 bits per heavy atom. The molecular formula is C26H35N3O3. The van der Waals surface area contributed by atoms with E-state index in [1.165, 1.54) is 6.42 Å². The molecule has 5 fully saturated rings. The van der Waals surface area contributed by atoms with Gasteiger partial charge >= 0.3 is 0 Å². The topological polar surface area (TPSA) is 68.7 Å². The van der Waals surface area contributed by atoms with Crippen LogP contribution in [-0.2, 0) is 16.1 Å². The monoisotopic (exact) mass is 437 g/mol. The molecule has 4 saturated carbocycles. The molecule has 0 aromatic carbocycles. The normalized spacial score (nSPS) is 49.1. The van der Waals surface area contributed by atoms with Crippen LogP contribution in [0.1, 0.15) is 65.2 Å². The third-order valence-electron chi connectivity index (χ3n) is 10.7. The maximum atomic E-state index is 13.4. The van der Waals surface area contributed by atoms with Crippen LogP contribution in [0.25, 0.3) is 4.85 Å². The molecule has 0 radical (unpaired) electrons. The quantitative estimate of drug-likeness (QED) is 0.712. The van der Waals surface area contributed by atoms with Gasteiger partial charge in [-0.3, -0.25) is 4.79 Å². The molecule has 9 atom stereocenters. The van der Waals surface area contributed by atoms with Crippen LogP contribution >= 0.6 is 0 Å². The lowest BCUT2D eigenvalue weighted by molar-refractivity contribution is -0.145. The van der Waals surface area contributed by atoms with Crippen molar-refractivity contribution < 1.29 is 14.6 Å². The number of fused-ring (bicyclic) bond motifs is 3. The number of rotatable bonds is 3. The van der Waals surface area contributed by atoms with E-state index in [1.54, 1.807) is 16.9 Å². The van der Waals surface area contributed by atoms with Gasteiger partial charge < -0.3 is 14.7 Å². The summed E-state index contributed by atoms with van der Waals surface area (Å²) < 4.78 is 8.08. The average molecular weight is 438 g/mol. The minimum atomic E-state index is -0.541. The van der Waals surface area contributed by atoms with Gasteiger partial charge in [0.05, 0.1) is 18.3 Å². The average Bonchev–Trinajstić information content (AvgIpc) is 3.41. The van der Waals surface area contributed by atoms with E-state index in [9.17, 15) is 9.90 Å². The number of hydrogen-bond acceptors (Lipinski definition) is 4. The van der Waals surface area contributed by atoms with E-state index in [0.29, 0.717) is 29.5 Å². The number of carbonyl (C=O) groups excluding carboxylic acids is 1. The zero-order valence-corrected chi connectivity index (χ0v) is 19.3. The molecule has 2 heterocycles. The second-order valence-corrected chi connectivity index (χ2v) is 12.1. The molecule has 6 heteroatoms. The minimum absolute atomic E-state index is 0.0666. The van der Waals surface area contributed by atoms with Crippen molar-refractivity contribution in [2.45, 2.75) is 83.5 Å². The molecule has 32 heavy (non-hydrogen) atoms. The predicted molar refractivity (Wildman–Crippen MR) is 119 cm³/mol. The Morgan fingerprint density at radius 2 is 2.09 bits per heavy atom. The van der Waals surface area contributed by atoms with Crippen LogP contribution in [0.4, 0.5) is 5.82 Å². The van der Waals surface area contributed by atoms with Gasteiger partial charge in [0.15, 0.2) is 5.78 Å². The lowest BCUT2D eigenvalue weighted by Crippen LogP contribution is -2.58. The van der Waals surface area contributed by atoms with Crippen LogP contribution < -0.4 is 0 Å². The van der Waals surface area contributed by atoms with Gasteiger partial charge in [0.2, 0.25) is 0 Å². The van der Waals surface area contributed by atoms with E-state index < -0.39 is 5.60 Å². The van der Waals surface area contributed by atoms with Crippen LogP contribution in [0, 0.1) is 47.0 Å². The molecule has 1 aromatic heterocycles. The van der Waals surface area contributed by atoms with Gasteiger partial charge in [-0.1, -0.05) is 13.5 Å². The number of hydrogen-bond donors (Lipinski definition) is 1. The first-order chi connectivity index (χ1) is 15.3. The summed E-state index contributed by atoms with van der Waals surface area (Å²) in [4.78, 5) is 16.7. The van der Waals surface area contributed by atoms with Gasteiger partial charge in [0.25, 0.3) is 5.82 Å². The molecule has 4 aliphatic carbocycles.